The fourth-order valence-corrected chi connectivity index (χ4v) is 1.91. The third-order valence-electron chi connectivity index (χ3n) is 2.05. The first-order chi connectivity index (χ1) is 5.29. The summed E-state index contributed by atoms with van der Waals surface area (Å²) in [5.74, 6) is 1.05. The third kappa shape index (κ3) is 1.06. The van der Waals surface area contributed by atoms with Crippen LogP contribution in [0.3, 0.4) is 0 Å². The first-order valence-corrected chi connectivity index (χ1v) is 4.49. The zero-order chi connectivity index (χ0) is 7.84. The SMILES string of the molecule is Cc1ccc(Br)c2c1CCO2. The van der Waals surface area contributed by atoms with Gasteiger partial charge in [-0.15, -0.1) is 0 Å². The van der Waals surface area contributed by atoms with E-state index in [9.17, 15) is 0 Å². The molecule has 1 nitrogen and oxygen atoms in total. The predicted octanol–water partition coefficient (Wildman–Crippen LogP) is 2.69. The van der Waals surface area contributed by atoms with Gasteiger partial charge in [0.25, 0.3) is 0 Å². The number of fused-ring (bicyclic) bond motifs is 1. The van der Waals surface area contributed by atoms with Crippen molar-refractivity contribution >= 4 is 15.9 Å². The first-order valence-electron chi connectivity index (χ1n) is 3.70. The molecule has 0 atom stereocenters. The van der Waals surface area contributed by atoms with Crippen molar-refractivity contribution in [2.24, 2.45) is 0 Å². The molecule has 1 aromatic rings. The topological polar surface area (TPSA) is 9.23 Å². The van der Waals surface area contributed by atoms with Gasteiger partial charge in [0.2, 0.25) is 0 Å². The maximum Gasteiger partial charge on any atom is 0.137 e. The lowest BCUT2D eigenvalue weighted by Crippen LogP contribution is -1.86. The lowest BCUT2D eigenvalue weighted by molar-refractivity contribution is 0.355. The molecule has 0 unspecified atom stereocenters. The Hall–Kier alpha value is -0.500. The Morgan fingerprint density at radius 2 is 2.27 bits per heavy atom. The molecule has 0 fully saturated rings. The van der Waals surface area contributed by atoms with Crippen LogP contribution in [-0.2, 0) is 6.42 Å². The molecular weight excluding hydrogens is 204 g/mol. The first kappa shape index (κ1) is 7.17. The van der Waals surface area contributed by atoms with E-state index < -0.39 is 0 Å². The van der Waals surface area contributed by atoms with Crippen LogP contribution in [-0.4, -0.2) is 6.61 Å². The third-order valence-corrected chi connectivity index (χ3v) is 2.67. The van der Waals surface area contributed by atoms with E-state index >= 15 is 0 Å². The fourth-order valence-electron chi connectivity index (χ4n) is 1.42. The molecule has 0 bridgehead atoms. The number of hydrogen-bond acceptors (Lipinski definition) is 1. The molecule has 0 saturated carbocycles. The average molecular weight is 213 g/mol. The summed E-state index contributed by atoms with van der Waals surface area (Å²) in [4.78, 5) is 0. The van der Waals surface area contributed by atoms with Crippen molar-refractivity contribution in [1.82, 2.24) is 0 Å². The van der Waals surface area contributed by atoms with Crippen LogP contribution in [0.25, 0.3) is 0 Å². The minimum Gasteiger partial charge on any atom is -0.492 e. The highest BCUT2D eigenvalue weighted by Gasteiger charge is 2.16. The molecular formula is C9H9BrO. The normalized spacial score (nSPS) is 14.4. The smallest absolute Gasteiger partial charge is 0.137 e. The molecule has 2 rings (SSSR count). The molecule has 1 aromatic carbocycles. The Labute approximate surface area is 74.5 Å². The second kappa shape index (κ2) is 2.52. The Morgan fingerprint density at radius 3 is 3.00 bits per heavy atom. The number of benzene rings is 1. The van der Waals surface area contributed by atoms with E-state index in [1.165, 1.54) is 11.1 Å². The van der Waals surface area contributed by atoms with E-state index in [0.29, 0.717) is 0 Å². The van der Waals surface area contributed by atoms with Gasteiger partial charge in [-0.05, 0) is 34.5 Å². The summed E-state index contributed by atoms with van der Waals surface area (Å²) in [6, 6.07) is 4.16. The summed E-state index contributed by atoms with van der Waals surface area (Å²) >= 11 is 3.46. The summed E-state index contributed by atoms with van der Waals surface area (Å²) in [5.41, 5.74) is 2.69. The molecule has 0 radical (unpaired) electrons. The average Bonchev–Trinajstić information content (AvgIpc) is 2.45. The lowest BCUT2D eigenvalue weighted by atomic mass is 10.1. The molecule has 0 amide bonds. The van der Waals surface area contributed by atoms with Crippen LogP contribution < -0.4 is 4.74 Å². The summed E-state index contributed by atoms with van der Waals surface area (Å²) in [6.07, 6.45) is 1.06. The predicted molar refractivity (Wildman–Crippen MR) is 48.1 cm³/mol. The molecule has 1 aliphatic heterocycles. The van der Waals surface area contributed by atoms with E-state index in [1.54, 1.807) is 0 Å². The molecule has 0 N–H and O–H groups in total. The summed E-state index contributed by atoms with van der Waals surface area (Å²) in [6.45, 7) is 2.96. The van der Waals surface area contributed by atoms with Gasteiger partial charge >= 0.3 is 0 Å². The molecule has 1 heterocycles. The maximum absolute atomic E-state index is 5.46. The van der Waals surface area contributed by atoms with E-state index in [4.69, 9.17) is 4.74 Å². The molecule has 1 aliphatic rings. The van der Waals surface area contributed by atoms with Gasteiger partial charge in [0.05, 0.1) is 11.1 Å². The summed E-state index contributed by atoms with van der Waals surface area (Å²) in [5, 5.41) is 0. The highest BCUT2D eigenvalue weighted by atomic mass is 79.9. The van der Waals surface area contributed by atoms with E-state index in [0.717, 1.165) is 23.2 Å². The Kier molecular flexibility index (Phi) is 1.64. The minimum atomic E-state index is 0.832. The maximum atomic E-state index is 5.46. The highest BCUT2D eigenvalue weighted by molar-refractivity contribution is 9.10. The van der Waals surface area contributed by atoms with Crippen LogP contribution >= 0.6 is 15.9 Å². The van der Waals surface area contributed by atoms with Gasteiger partial charge < -0.3 is 4.74 Å². The van der Waals surface area contributed by atoms with E-state index in [2.05, 4.69) is 28.9 Å². The lowest BCUT2D eigenvalue weighted by Gasteiger charge is -2.03. The van der Waals surface area contributed by atoms with E-state index in [-0.39, 0.29) is 0 Å². The monoisotopic (exact) mass is 212 g/mol. The van der Waals surface area contributed by atoms with Gasteiger partial charge in [-0.2, -0.15) is 0 Å². The quantitative estimate of drug-likeness (QED) is 0.643. The zero-order valence-corrected chi connectivity index (χ0v) is 7.94. The van der Waals surface area contributed by atoms with Gasteiger partial charge in [0.15, 0.2) is 0 Å². The Balaban J connectivity index is 2.64. The molecule has 2 heteroatoms. The van der Waals surface area contributed by atoms with Crippen molar-refractivity contribution in [3.05, 3.63) is 27.7 Å². The molecule has 0 spiro atoms. The number of ether oxygens (including phenoxy) is 1. The van der Waals surface area contributed by atoms with E-state index in [1.807, 2.05) is 6.07 Å². The molecule has 0 aromatic heterocycles. The second-order valence-electron chi connectivity index (χ2n) is 2.77. The van der Waals surface area contributed by atoms with Crippen LogP contribution in [0.1, 0.15) is 11.1 Å². The van der Waals surface area contributed by atoms with Gasteiger partial charge in [-0.1, -0.05) is 6.07 Å². The molecule has 11 heavy (non-hydrogen) atoms. The molecule has 0 saturated heterocycles. The molecule has 58 valence electrons. The molecule has 0 aliphatic carbocycles. The fraction of sp³-hybridized carbons (Fsp3) is 0.333. The van der Waals surface area contributed by atoms with Gasteiger partial charge in [-0.25, -0.2) is 0 Å². The van der Waals surface area contributed by atoms with Crippen molar-refractivity contribution in [3.8, 4) is 5.75 Å². The van der Waals surface area contributed by atoms with Gasteiger partial charge in [-0.3, -0.25) is 0 Å². The van der Waals surface area contributed by atoms with Gasteiger partial charge in [0, 0.05) is 12.0 Å². The van der Waals surface area contributed by atoms with Crippen LogP contribution in [0.2, 0.25) is 0 Å². The van der Waals surface area contributed by atoms with Crippen molar-refractivity contribution < 1.29 is 4.74 Å². The Bertz CT molecular complexity index is 265. The second-order valence-corrected chi connectivity index (χ2v) is 3.62. The standard InChI is InChI=1S/C9H9BrO/c1-6-2-3-8(10)9-7(6)4-5-11-9/h2-3H,4-5H2,1H3. The largest absolute Gasteiger partial charge is 0.492 e. The van der Waals surface area contributed by atoms with Crippen molar-refractivity contribution in [3.63, 3.8) is 0 Å². The van der Waals surface area contributed by atoms with Gasteiger partial charge in [0.1, 0.15) is 5.75 Å². The van der Waals surface area contributed by atoms with Crippen molar-refractivity contribution in [2.45, 2.75) is 13.3 Å². The van der Waals surface area contributed by atoms with Crippen molar-refractivity contribution in [1.29, 1.82) is 0 Å². The number of aryl methyl sites for hydroxylation is 1. The van der Waals surface area contributed by atoms with Crippen LogP contribution in [0, 0.1) is 6.92 Å². The van der Waals surface area contributed by atoms with Crippen LogP contribution in [0.15, 0.2) is 16.6 Å². The number of rotatable bonds is 0. The van der Waals surface area contributed by atoms with Crippen molar-refractivity contribution in [2.75, 3.05) is 6.61 Å². The highest BCUT2D eigenvalue weighted by Crippen LogP contribution is 2.35. The van der Waals surface area contributed by atoms with Crippen LogP contribution in [0.5, 0.6) is 5.75 Å². The summed E-state index contributed by atoms with van der Waals surface area (Å²) < 4.78 is 6.54. The summed E-state index contributed by atoms with van der Waals surface area (Å²) in [7, 11) is 0. The minimum absolute atomic E-state index is 0.832. The number of hydrogen-bond donors (Lipinski definition) is 0. The number of halogens is 1. The van der Waals surface area contributed by atoms with Crippen LogP contribution in [0.4, 0.5) is 0 Å². The Morgan fingerprint density at radius 1 is 1.45 bits per heavy atom. The zero-order valence-electron chi connectivity index (χ0n) is 6.36.